The first-order valence-electron chi connectivity index (χ1n) is 5.83. The third-order valence-electron chi connectivity index (χ3n) is 2.14. The molecule has 0 aromatic heterocycles. The van der Waals surface area contributed by atoms with Gasteiger partial charge < -0.3 is 5.32 Å². The third-order valence-corrected chi connectivity index (χ3v) is 2.76. The highest BCUT2D eigenvalue weighted by Gasteiger charge is 1.87. The van der Waals surface area contributed by atoms with Gasteiger partial charge in [-0.3, -0.25) is 0 Å². The van der Waals surface area contributed by atoms with Crippen LogP contribution in [0.2, 0.25) is 0 Å². The summed E-state index contributed by atoms with van der Waals surface area (Å²) in [6.45, 7) is 4.59. The Hall–Kier alpha value is 0.430. The lowest BCUT2D eigenvalue weighted by Gasteiger charge is -2.01. The second kappa shape index (κ2) is 13.4. The first kappa shape index (κ1) is 14.4. The molecular formula is C12H24IN. The fourth-order valence-electron chi connectivity index (χ4n) is 1.29. The number of hydrogen-bond donors (Lipinski definition) is 1. The van der Waals surface area contributed by atoms with Crippen LogP contribution in [0.3, 0.4) is 0 Å². The molecule has 0 rings (SSSR count). The molecule has 0 atom stereocenters. The third kappa shape index (κ3) is 12.4. The van der Waals surface area contributed by atoms with E-state index >= 15 is 0 Å². The number of nitrogens with one attached hydrogen (secondary N) is 1. The zero-order valence-electron chi connectivity index (χ0n) is 9.40. The average molecular weight is 309 g/mol. The van der Waals surface area contributed by atoms with E-state index in [9.17, 15) is 0 Å². The maximum Gasteiger partial charge on any atom is 0.00299 e. The van der Waals surface area contributed by atoms with Gasteiger partial charge in [0, 0.05) is 4.43 Å². The van der Waals surface area contributed by atoms with Crippen molar-refractivity contribution in [1.82, 2.24) is 5.32 Å². The molecule has 0 unspecified atom stereocenters. The van der Waals surface area contributed by atoms with E-state index in [2.05, 4.69) is 47.0 Å². The highest BCUT2D eigenvalue weighted by Crippen LogP contribution is 1.97. The molecule has 14 heavy (non-hydrogen) atoms. The van der Waals surface area contributed by atoms with Gasteiger partial charge in [-0.15, -0.1) is 0 Å². The van der Waals surface area contributed by atoms with Gasteiger partial charge in [0.05, 0.1) is 0 Å². The van der Waals surface area contributed by atoms with Gasteiger partial charge in [0.2, 0.25) is 0 Å². The monoisotopic (exact) mass is 309 g/mol. The summed E-state index contributed by atoms with van der Waals surface area (Å²) in [5, 5.41) is 3.47. The maximum absolute atomic E-state index is 3.47. The van der Waals surface area contributed by atoms with Gasteiger partial charge in [0.15, 0.2) is 0 Å². The SMILES string of the molecule is CCCCCCNCC/C=C/CCI. The number of unbranched alkanes of at least 4 members (excludes halogenated alkanes) is 3. The Labute approximate surface area is 103 Å². The molecule has 0 aliphatic carbocycles. The first-order chi connectivity index (χ1) is 6.91. The zero-order valence-corrected chi connectivity index (χ0v) is 11.6. The van der Waals surface area contributed by atoms with Crippen LogP contribution in [-0.4, -0.2) is 17.5 Å². The van der Waals surface area contributed by atoms with Crippen molar-refractivity contribution in [2.45, 2.75) is 45.4 Å². The van der Waals surface area contributed by atoms with E-state index in [1.807, 2.05) is 0 Å². The highest BCUT2D eigenvalue weighted by molar-refractivity contribution is 14.1. The van der Waals surface area contributed by atoms with Gasteiger partial charge >= 0.3 is 0 Å². The van der Waals surface area contributed by atoms with Crippen molar-refractivity contribution < 1.29 is 0 Å². The van der Waals surface area contributed by atoms with Crippen molar-refractivity contribution in [3.63, 3.8) is 0 Å². The van der Waals surface area contributed by atoms with E-state index in [-0.39, 0.29) is 0 Å². The molecule has 0 saturated heterocycles. The smallest absolute Gasteiger partial charge is 0.00299 e. The van der Waals surface area contributed by atoms with Gasteiger partial charge in [-0.1, -0.05) is 60.9 Å². The molecule has 0 aromatic rings. The van der Waals surface area contributed by atoms with Gasteiger partial charge in [-0.2, -0.15) is 0 Å². The molecule has 0 aliphatic rings. The molecule has 0 aromatic carbocycles. The van der Waals surface area contributed by atoms with Gasteiger partial charge in [0.25, 0.3) is 0 Å². The molecule has 0 fully saturated rings. The van der Waals surface area contributed by atoms with Crippen molar-refractivity contribution in [2.75, 3.05) is 17.5 Å². The minimum atomic E-state index is 1.14. The lowest BCUT2D eigenvalue weighted by Crippen LogP contribution is -2.15. The predicted molar refractivity (Wildman–Crippen MR) is 74.3 cm³/mol. The number of halogens is 1. The zero-order chi connectivity index (χ0) is 10.5. The second-order valence-corrected chi connectivity index (χ2v) is 4.63. The fourth-order valence-corrected chi connectivity index (χ4v) is 1.65. The summed E-state index contributed by atoms with van der Waals surface area (Å²) in [4.78, 5) is 0. The van der Waals surface area contributed by atoms with Gasteiger partial charge in [-0.05, 0) is 32.4 Å². The predicted octanol–water partition coefficient (Wildman–Crippen LogP) is 3.93. The van der Waals surface area contributed by atoms with Gasteiger partial charge in [0.1, 0.15) is 0 Å². The van der Waals surface area contributed by atoms with Crippen LogP contribution in [0.5, 0.6) is 0 Å². The Morgan fingerprint density at radius 2 is 1.79 bits per heavy atom. The van der Waals surface area contributed by atoms with Crippen molar-refractivity contribution in [2.24, 2.45) is 0 Å². The van der Waals surface area contributed by atoms with Crippen molar-refractivity contribution in [3.8, 4) is 0 Å². The second-order valence-electron chi connectivity index (χ2n) is 3.55. The largest absolute Gasteiger partial charge is 0.316 e. The lowest BCUT2D eigenvalue weighted by atomic mass is 10.2. The molecule has 84 valence electrons. The minimum Gasteiger partial charge on any atom is -0.316 e. The molecule has 2 heteroatoms. The van der Waals surface area contributed by atoms with Crippen LogP contribution in [0.15, 0.2) is 12.2 Å². The van der Waals surface area contributed by atoms with Crippen LogP contribution < -0.4 is 5.32 Å². The van der Waals surface area contributed by atoms with E-state index in [4.69, 9.17) is 0 Å². The summed E-state index contributed by atoms with van der Waals surface area (Å²) in [7, 11) is 0. The molecule has 1 N–H and O–H groups in total. The molecule has 0 saturated carbocycles. The molecule has 0 aliphatic heterocycles. The van der Waals surface area contributed by atoms with Crippen LogP contribution in [0.4, 0.5) is 0 Å². The summed E-state index contributed by atoms with van der Waals surface area (Å²) in [6, 6.07) is 0. The van der Waals surface area contributed by atoms with Crippen LogP contribution in [0.1, 0.15) is 45.4 Å². The Kier molecular flexibility index (Phi) is 13.8. The topological polar surface area (TPSA) is 12.0 Å². The Morgan fingerprint density at radius 1 is 1.00 bits per heavy atom. The quantitative estimate of drug-likeness (QED) is 0.279. The number of alkyl halides is 1. The summed E-state index contributed by atoms with van der Waals surface area (Å²) >= 11 is 2.41. The standard InChI is InChI=1S/C12H24IN/c1-2-3-4-8-11-14-12-9-6-5-7-10-13/h5-6,14H,2-4,7-12H2,1H3/b6-5+. The molecule has 0 amide bonds. The van der Waals surface area contributed by atoms with Crippen LogP contribution >= 0.6 is 22.6 Å². The molecular weight excluding hydrogens is 285 g/mol. The summed E-state index contributed by atoms with van der Waals surface area (Å²) in [5.41, 5.74) is 0. The Bertz CT molecular complexity index is 123. The molecule has 0 bridgehead atoms. The number of hydrogen-bond acceptors (Lipinski definition) is 1. The van der Waals surface area contributed by atoms with E-state index in [0.717, 1.165) is 6.54 Å². The van der Waals surface area contributed by atoms with Crippen LogP contribution in [-0.2, 0) is 0 Å². The number of allylic oxidation sites excluding steroid dienone is 1. The summed E-state index contributed by atoms with van der Waals surface area (Å²) in [5.74, 6) is 0. The van der Waals surface area contributed by atoms with E-state index in [1.54, 1.807) is 0 Å². The summed E-state index contributed by atoms with van der Waals surface area (Å²) in [6.07, 6.45) is 12.4. The molecule has 0 heterocycles. The van der Waals surface area contributed by atoms with Crippen molar-refractivity contribution in [3.05, 3.63) is 12.2 Å². The van der Waals surface area contributed by atoms with Crippen LogP contribution in [0, 0.1) is 0 Å². The Morgan fingerprint density at radius 3 is 2.50 bits per heavy atom. The average Bonchev–Trinajstić information content (AvgIpc) is 2.21. The van der Waals surface area contributed by atoms with E-state index in [1.165, 1.54) is 49.5 Å². The summed E-state index contributed by atoms with van der Waals surface area (Å²) < 4.78 is 1.23. The van der Waals surface area contributed by atoms with E-state index in [0.29, 0.717) is 0 Å². The fraction of sp³-hybridized carbons (Fsp3) is 0.833. The van der Waals surface area contributed by atoms with Crippen LogP contribution in [0.25, 0.3) is 0 Å². The Balaban J connectivity index is 2.91. The van der Waals surface area contributed by atoms with Crippen molar-refractivity contribution in [1.29, 1.82) is 0 Å². The minimum absolute atomic E-state index is 1.14. The van der Waals surface area contributed by atoms with E-state index < -0.39 is 0 Å². The van der Waals surface area contributed by atoms with Gasteiger partial charge in [-0.25, -0.2) is 0 Å². The molecule has 1 nitrogen and oxygen atoms in total. The number of rotatable bonds is 10. The highest BCUT2D eigenvalue weighted by atomic mass is 127. The maximum atomic E-state index is 3.47. The first-order valence-corrected chi connectivity index (χ1v) is 7.36. The lowest BCUT2D eigenvalue weighted by molar-refractivity contribution is 0.601. The van der Waals surface area contributed by atoms with Crippen molar-refractivity contribution >= 4 is 22.6 Å². The molecule has 0 spiro atoms. The normalized spacial score (nSPS) is 11.3. The molecule has 0 radical (unpaired) electrons.